The van der Waals surface area contributed by atoms with Crippen LogP contribution in [0.2, 0.25) is 0 Å². The highest BCUT2D eigenvalue weighted by molar-refractivity contribution is 8.27. The van der Waals surface area contributed by atoms with Crippen molar-refractivity contribution in [3.05, 3.63) is 54.1 Å². The molecule has 0 saturated heterocycles. The Balaban J connectivity index is 2.00. The third kappa shape index (κ3) is 3.36. The summed E-state index contributed by atoms with van der Waals surface area (Å²) < 4.78 is 52.0. The van der Waals surface area contributed by atoms with Gasteiger partial charge in [0.15, 0.2) is 0 Å². The molecule has 0 amide bonds. The fraction of sp³-hybridized carbons (Fsp3) is 0.294. The van der Waals surface area contributed by atoms with Crippen molar-refractivity contribution < 1.29 is 23.0 Å². The number of para-hydroxylation sites is 2. The average Bonchev–Trinajstić information content (AvgIpc) is 2.81. The number of aliphatic hydroxyl groups is 1. The minimum atomic E-state index is -3.66. The van der Waals surface area contributed by atoms with Crippen LogP contribution in [-0.4, -0.2) is 40.5 Å². The Hall–Kier alpha value is -1.91. The Morgan fingerprint density at radius 2 is 1.77 bits per heavy atom. The van der Waals surface area contributed by atoms with Crippen LogP contribution in [0.5, 0.6) is 0 Å². The molecule has 6 nitrogen and oxygen atoms in total. The second-order valence-corrected chi connectivity index (χ2v) is 7.76. The molecule has 1 unspecified atom stereocenters. The van der Waals surface area contributed by atoms with Crippen molar-refractivity contribution in [2.75, 3.05) is 28.7 Å². The van der Waals surface area contributed by atoms with Crippen LogP contribution in [0.25, 0.3) is 0 Å². The molecule has 2 aromatic rings. The summed E-state index contributed by atoms with van der Waals surface area (Å²) in [5.41, 5.74) is 0.587. The van der Waals surface area contributed by atoms with E-state index in [-0.39, 0.29) is 18.7 Å². The van der Waals surface area contributed by atoms with Gasteiger partial charge in [0.25, 0.3) is 0 Å². The maximum absolute atomic E-state index is 14.3. The van der Waals surface area contributed by atoms with Gasteiger partial charge in [-0.25, -0.2) is 13.1 Å². The number of likely N-dealkylation sites (N-methyl/N-ethyl adjacent to an activating group) is 1. The number of hydrogen-bond donors (Lipinski definition) is 4. The Kier molecular flexibility index (Phi) is 5.35. The van der Waals surface area contributed by atoms with Crippen molar-refractivity contribution >= 4 is 28.0 Å². The first-order valence-electron chi connectivity index (χ1n) is 8.09. The SMILES string of the molecule is CNCC(O)CCN1c2ccccc2N(c2cc(F)ccc2F)S1(O)O. The van der Waals surface area contributed by atoms with Gasteiger partial charge in [-0.05, 0) is 48.7 Å². The Morgan fingerprint density at radius 3 is 2.46 bits per heavy atom. The van der Waals surface area contributed by atoms with E-state index < -0.39 is 28.7 Å². The number of aliphatic hydroxyl groups excluding tert-OH is 1. The fourth-order valence-electron chi connectivity index (χ4n) is 2.96. The zero-order chi connectivity index (χ0) is 18.9. The monoisotopic (exact) mass is 385 g/mol. The first kappa shape index (κ1) is 18.9. The summed E-state index contributed by atoms with van der Waals surface area (Å²) in [7, 11) is -1.96. The summed E-state index contributed by atoms with van der Waals surface area (Å²) in [6.45, 7) is 0.493. The van der Waals surface area contributed by atoms with E-state index in [1.165, 1.54) is 4.31 Å². The van der Waals surface area contributed by atoms with Crippen molar-refractivity contribution in [2.45, 2.75) is 12.5 Å². The summed E-state index contributed by atoms with van der Waals surface area (Å²) in [4.78, 5) is 0. The van der Waals surface area contributed by atoms with Crippen LogP contribution in [0.3, 0.4) is 0 Å². The van der Waals surface area contributed by atoms with Gasteiger partial charge < -0.3 is 10.4 Å². The highest BCUT2D eigenvalue weighted by atomic mass is 32.3. The maximum Gasteiger partial charge on any atom is 0.148 e. The third-order valence-corrected chi connectivity index (χ3v) is 6.00. The largest absolute Gasteiger partial charge is 0.392 e. The van der Waals surface area contributed by atoms with Crippen LogP contribution in [0.4, 0.5) is 25.8 Å². The van der Waals surface area contributed by atoms with Crippen LogP contribution in [-0.2, 0) is 0 Å². The van der Waals surface area contributed by atoms with Gasteiger partial charge in [-0.15, -0.1) is 0 Å². The first-order chi connectivity index (χ1) is 12.4. The molecule has 142 valence electrons. The quantitative estimate of drug-likeness (QED) is 0.610. The zero-order valence-corrected chi connectivity index (χ0v) is 15.0. The van der Waals surface area contributed by atoms with E-state index in [9.17, 15) is 23.0 Å². The highest BCUT2D eigenvalue weighted by Gasteiger charge is 2.42. The van der Waals surface area contributed by atoms with Crippen molar-refractivity contribution in [1.29, 1.82) is 0 Å². The molecule has 0 radical (unpaired) electrons. The summed E-state index contributed by atoms with van der Waals surface area (Å²) in [6, 6.07) is 9.53. The zero-order valence-electron chi connectivity index (χ0n) is 14.1. The maximum atomic E-state index is 14.3. The van der Waals surface area contributed by atoms with Gasteiger partial charge in [-0.2, -0.15) is 0 Å². The lowest BCUT2D eigenvalue weighted by Crippen LogP contribution is -2.35. The molecule has 0 saturated carbocycles. The lowest BCUT2D eigenvalue weighted by molar-refractivity contribution is 0.167. The molecule has 0 spiro atoms. The van der Waals surface area contributed by atoms with Crippen molar-refractivity contribution in [3.8, 4) is 0 Å². The van der Waals surface area contributed by atoms with Gasteiger partial charge >= 0.3 is 0 Å². The van der Waals surface area contributed by atoms with E-state index in [0.717, 1.165) is 22.5 Å². The van der Waals surface area contributed by atoms with E-state index in [1.54, 1.807) is 31.3 Å². The summed E-state index contributed by atoms with van der Waals surface area (Å²) in [5.74, 6) is -1.45. The number of nitrogens with zero attached hydrogens (tertiary/aromatic N) is 2. The molecule has 2 aromatic carbocycles. The summed E-state index contributed by atoms with van der Waals surface area (Å²) in [6.07, 6.45) is -0.410. The molecule has 4 N–H and O–H groups in total. The lowest BCUT2D eigenvalue weighted by atomic mass is 10.2. The van der Waals surface area contributed by atoms with Gasteiger partial charge in [0.2, 0.25) is 0 Å². The molecule has 1 atom stereocenters. The molecule has 0 bridgehead atoms. The Labute approximate surface area is 152 Å². The van der Waals surface area contributed by atoms with Gasteiger partial charge in [-0.1, -0.05) is 12.1 Å². The Morgan fingerprint density at radius 1 is 1.08 bits per heavy atom. The van der Waals surface area contributed by atoms with Gasteiger partial charge in [0.1, 0.15) is 17.3 Å². The molecule has 1 aliphatic heterocycles. The summed E-state index contributed by atoms with van der Waals surface area (Å²) in [5, 5.41) is 12.8. The number of rotatable bonds is 6. The van der Waals surface area contributed by atoms with Crippen LogP contribution >= 0.6 is 11.0 Å². The number of anilines is 3. The first-order valence-corrected chi connectivity index (χ1v) is 9.55. The van der Waals surface area contributed by atoms with Crippen LogP contribution < -0.4 is 13.9 Å². The normalized spacial score (nSPS) is 17.9. The van der Waals surface area contributed by atoms with E-state index in [0.29, 0.717) is 17.9 Å². The topological polar surface area (TPSA) is 79.2 Å². The van der Waals surface area contributed by atoms with Gasteiger partial charge in [0.05, 0.1) is 17.5 Å². The highest BCUT2D eigenvalue weighted by Crippen LogP contribution is 2.64. The number of fused-ring (bicyclic) bond motifs is 1. The standard InChI is InChI=1S/C17H21F2N3O3S/c1-20-11-13(23)8-9-21-15-4-2-3-5-16(15)22(26(21,24)25)17-10-12(18)6-7-14(17)19/h2-7,10,13,20,23-25H,8-9,11H2,1H3. The molecular formula is C17H21F2N3O3S. The van der Waals surface area contributed by atoms with E-state index in [2.05, 4.69) is 5.32 Å². The minimum absolute atomic E-state index is 0.135. The molecule has 26 heavy (non-hydrogen) atoms. The molecule has 3 rings (SSSR count). The summed E-state index contributed by atoms with van der Waals surface area (Å²) >= 11 is 0. The Bertz CT molecular complexity index is 794. The van der Waals surface area contributed by atoms with Gasteiger partial charge in [0, 0.05) is 19.2 Å². The second kappa shape index (κ2) is 7.37. The average molecular weight is 385 g/mol. The van der Waals surface area contributed by atoms with Crippen LogP contribution in [0.1, 0.15) is 6.42 Å². The molecule has 1 aliphatic rings. The third-order valence-electron chi connectivity index (χ3n) is 4.14. The molecule has 0 aliphatic carbocycles. The molecule has 0 fully saturated rings. The van der Waals surface area contributed by atoms with Gasteiger partial charge in [-0.3, -0.25) is 13.4 Å². The predicted molar refractivity (Wildman–Crippen MR) is 99.7 cm³/mol. The predicted octanol–water partition coefficient (Wildman–Crippen LogP) is 3.47. The fourth-order valence-corrected chi connectivity index (χ4v) is 4.75. The number of nitrogens with one attached hydrogen (secondary N) is 1. The molecular weight excluding hydrogens is 364 g/mol. The van der Waals surface area contributed by atoms with Crippen LogP contribution in [0.15, 0.2) is 42.5 Å². The smallest absolute Gasteiger partial charge is 0.148 e. The lowest BCUT2D eigenvalue weighted by Gasteiger charge is -2.44. The van der Waals surface area contributed by atoms with Crippen LogP contribution in [0, 0.1) is 11.6 Å². The molecule has 9 heteroatoms. The minimum Gasteiger partial charge on any atom is -0.392 e. The van der Waals surface area contributed by atoms with E-state index in [4.69, 9.17) is 0 Å². The number of hydrogen-bond acceptors (Lipinski definition) is 6. The van der Waals surface area contributed by atoms with Crippen molar-refractivity contribution in [2.24, 2.45) is 0 Å². The molecule has 0 aromatic heterocycles. The van der Waals surface area contributed by atoms with Crippen molar-refractivity contribution in [3.63, 3.8) is 0 Å². The molecule has 1 heterocycles. The van der Waals surface area contributed by atoms with E-state index >= 15 is 0 Å². The second-order valence-electron chi connectivity index (χ2n) is 5.97. The van der Waals surface area contributed by atoms with E-state index in [1.807, 2.05) is 0 Å². The number of halogens is 2. The van der Waals surface area contributed by atoms with Crippen molar-refractivity contribution in [1.82, 2.24) is 5.32 Å². The number of benzene rings is 2.